The molecule has 0 bridgehead atoms. The lowest BCUT2D eigenvalue weighted by atomic mass is 9.91. The van der Waals surface area contributed by atoms with Crippen molar-refractivity contribution in [3.05, 3.63) is 24.3 Å². The Morgan fingerprint density at radius 1 is 1.09 bits per heavy atom. The lowest BCUT2D eigenvalue weighted by Crippen LogP contribution is -2.77. The van der Waals surface area contributed by atoms with E-state index in [-0.39, 0.29) is 42.5 Å². The highest BCUT2D eigenvalue weighted by Gasteiger charge is 2.45. The van der Waals surface area contributed by atoms with Crippen molar-refractivity contribution in [3.8, 4) is 5.75 Å². The molecule has 1 aromatic rings. The molecular weight excluding hydrogens is 448 g/mol. The SMILES string of the molecule is CC1CN(C2NC3CNNC(=O)C3C(Nc3ccc(OCCN4CCNCC4)cc3)N2)CC(C)O1. The van der Waals surface area contributed by atoms with E-state index in [1.165, 1.54) is 0 Å². The molecule has 4 saturated heterocycles. The number of hydrogen-bond acceptors (Lipinski definition) is 10. The van der Waals surface area contributed by atoms with Gasteiger partial charge in [0.15, 0.2) is 0 Å². The summed E-state index contributed by atoms with van der Waals surface area (Å²) in [5, 5.41) is 14.2. The molecule has 35 heavy (non-hydrogen) atoms. The molecule has 194 valence electrons. The summed E-state index contributed by atoms with van der Waals surface area (Å²) in [5.74, 6) is 0.586. The van der Waals surface area contributed by atoms with Gasteiger partial charge in [0.1, 0.15) is 18.6 Å². The molecule has 6 N–H and O–H groups in total. The third kappa shape index (κ3) is 6.23. The predicted molar refractivity (Wildman–Crippen MR) is 134 cm³/mol. The number of piperazine rings is 1. The number of anilines is 1. The number of carbonyl (C=O) groups excluding carboxylic acids is 1. The Bertz CT molecular complexity index is 827. The Hall–Kier alpha value is -1.99. The zero-order valence-electron chi connectivity index (χ0n) is 20.8. The van der Waals surface area contributed by atoms with Gasteiger partial charge >= 0.3 is 0 Å². The number of hydrogen-bond donors (Lipinski definition) is 6. The zero-order chi connectivity index (χ0) is 24.2. The summed E-state index contributed by atoms with van der Waals surface area (Å²) in [7, 11) is 0. The minimum absolute atomic E-state index is 0.00792. The first kappa shape index (κ1) is 24.7. The van der Waals surface area contributed by atoms with Crippen LogP contribution in [-0.4, -0.2) is 105 Å². The number of carbonyl (C=O) groups is 1. The topological polar surface area (TPSA) is 114 Å². The van der Waals surface area contributed by atoms with Crippen LogP contribution >= 0.6 is 0 Å². The van der Waals surface area contributed by atoms with E-state index in [1.54, 1.807) is 0 Å². The second-order valence-electron chi connectivity index (χ2n) is 10.0. The molecular formula is C24H40N8O3. The van der Waals surface area contributed by atoms with Gasteiger partial charge in [0.25, 0.3) is 0 Å². The number of rotatable bonds is 7. The standard InChI is InChI=1S/C24H40N8O3/c1-16-14-32(15-17(2)35-16)24-28-20-13-26-30-23(33)21(20)22(29-24)27-18-3-5-19(6-4-18)34-12-11-31-9-7-25-8-10-31/h3-6,16-17,20-22,24-29H,7-15H2,1-2H3,(H,30,33). The monoisotopic (exact) mass is 488 g/mol. The fraction of sp³-hybridized carbons (Fsp3) is 0.708. The van der Waals surface area contributed by atoms with Crippen molar-refractivity contribution in [2.45, 2.75) is 44.6 Å². The Labute approximate surface area is 207 Å². The van der Waals surface area contributed by atoms with E-state index in [0.717, 1.165) is 57.3 Å². The first-order chi connectivity index (χ1) is 17.0. The van der Waals surface area contributed by atoms with Gasteiger partial charge in [-0.15, -0.1) is 0 Å². The Kier molecular flexibility index (Phi) is 8.03. The molecule has 0 spiro atoms. The van der Waals surface area contributed by atoms with Crippen LogP contribution in [0, 0.1) is 5.92 Å². The third-order valence-corrected chi connectivity index (χ3v) is 7.21. The van der Waals surface area contributed by atoms with Crippen molar-refractivity contribution in [3.63, 3.8) is 0 Å². The Balaban J connectivity index is 1.20. The second kappa shape index (κ2) is 11.4. The van der Waals surface area contributed by atoms with Crippen LogP contribution < -0.4 is 36.9 Å². The van der Waals surface area contributed by atoms with Gasteiger partial charge in [0.2, 0.25) is 5.91 Å². The van der Waals surface area contributed by atoms with Crippen LogP contribution in [0.1, 0.15) is 13.8 Å². The summed E-state index contributed by atoms with van der Waals surface area (Å²) in [6.45, 7) is 12.4. The number of ether oxygens (including phenoxy) is 2. The zero-order valence-corrected chi connectivity index (χ0v) is 20.8. The van der Waals surface area contributed by atoms with E-state index in [1.807, 2.05) is 24.3 Å². The van der Waals surface area contributed by atoms with E-state index in [9.17, 15) is 4.79 Å². The molecule has 0 saturated carbocycles. The van der Waals surface area contributed by atoms with E-state index in [2.05, 4.69) is 55.8 Å². The number of hydrazine groups is 1. The van der Waals surface area contributed by atoms with Crippen LogP contribution in [0.25, 0.3) is 0 Å². The lowest BCUT2D eigenvalue weighted by Gasteiger charge is -2.50. The highest BCUT2D eigenvalue weighted by atomic mass is 16.5. The predicted octanol–water partition coefficient (Wildman–Crippen LogP) is -1.09. The number of fused-ring (bicyclic) bond motifs is 1. The highest BCUT2D eigenvalue weighted by molar-refractivity contribution is 5.81. The molecule has 0 radical (unpaired) electrons. The van der Waals surface area contributed by atoms with Crippen LogP contribution in [0.5, 0.6) is 5.75 Å². The maximum absolute atomic E-state index is 12.8. The number of nitrogens with zero attached hydrogens (tertiary/aromatic N) is 2. The van der Waals surface area contributed by atoms with Crippen molar-refractivity contribution in [2.24, 2.45) is 5.92 Å². The molecule has 6 atom stereocenters. The van der Waals surface area contributed by atoms with Gasteiger partial charge in [0.05, 0.1) is 24.3 Å². The second-order valence-corrected chi connectivity index (χ2v) is 10.0. The van der Waals surface area contributed by atoms with Crippen molar-refractivity contribution in [1.29, 1.82) is 0 Å². The van der Waals surface area contributed by atoms with Crippen LogP contribution in [0.2, 0.25) is 0 Å². The van der Waals surface area contributed by atoms with Crippen LogP contribution in [-0.2, 0) is 9.53 Å². The molecule has 0 aromatic heterocycles. The van der Waals surface area contributed by atoms with Gasteiger partial charge in [-0.25, -0.2) is 5.43 Å². The lowest BCUT2D eigenvalue weighted by molar-refractivity contribution is -0.135. The third-order valence-electron chi connectivity index (χ3n) is 7.21. The van der Waals surface area contributed by atoms with Gasteiger partial charge in [0, 0.05) is 64.1 Å². The van der Waals surface area contributed by atoms with Crippen molar-refractivity contribution < 1.29 is 14.3 Å². The smallest absolute Gasteiger partial charge is 0.242 e. The van der Waals surface area contributed by atoms with E-state index in [0.29, 0.717) is 13.2 Å². The first-order valence-electron chi connectivity index (χ1n) is 12.9. The molecule has 11 heteroatoms. The maximum atomic E-state index is 12.8. The molecule has 4 heterocycles. The van der Waals surface area contributed by atoms with Crippen molar-refractivity contribution >= 4 is 11.6 Å². The van der Waals surface area contributed by atoms with Gasteiger partial charge in [-0.3, -0.25) is 30.7 Å². The average Bonchev–Trinajstić information content (AvgIpc) is 2.85. The molecule has 1 amide bonds. The Morgan fingerprint density at radius 2 is 1.83 bits per heavy atom. The maximum Gasteiger partial charge on any atom is 0.242 e. The van der Waals surface area contributed by atoms with Gasteiger partial charge in [-0.2, -0.15) is 0 Å². The van der Waals surface area contributed by atoms with Gasteiger partial charge in [-0.05, 0) is 38.1 Å². The van der Waals surface area contributed by atoms with Gasteiger partial charge in [-0.1, -0.05) is 0 Å². The molecule has 0 aliphatic carbocycles. The number of nitrogens with one attached hydrogen (secondary N) is 6. The number of amides is 1. The average molecular weight is 489 g/mol. The molecule has 4 aliphatic heterocycles. The number of benzene rings is 1. The highest BCUT2D eigenvalue weighted by Crippen LogP contribution is 2.24. The normalized spacial score (nSPS) is 34.6. The summed E-state index contributed by atoms with van der Waals surface area (Å²) in [4.78, 5) is 17.5. The number of morpholine rings is 1. The van der Waals surface area contributed by atoms with Crippen molar-refractivity contribution in [1.82, 2.24) is 36.6 Å². The molecule has 6 unspecified atom stereocenters. The van der Waals surface area contributed by atoms with E-state index < -0.39 is 0 Å². The molecule has 5 rings (SSSR count). The summed E-state index contributed by atoms with van der Waals surface area (Å²) in [6, 6.07) is 8.03. The minimum Gasteiger partial charge on any atom is -0.492 e. The minimum atomic E-state index is -0.252. The van der Waals surface area contributed by atoms with Crippen molar-refractivity contribution in [2.75, 3.05) is 64.3 Å². The molecule has 1 aromatic carbocycles. The Morgan fingerprint density at radius 3 is 2.57 bits per heavy atom. The first-order valence-corrected chi connectivity index (χ1v) is 12.9. The molecule has 11 nitrogen and oxygen atoms in total. The van der Waals surface area contributed by atoms with E-state index in [4.69, 9.17) is 9.47 Å². The molecule has 4 aliphatic rings. The summed E-state index contributed by atoms with van der Waals surface area (Å²) < 4.78 is 11.9. The van der Waals surface area contributed by atoms with Crippen LogP contribution in [0.3, 0.4) is 0 Å². The van der Waals surface area contributed by atoms with Crippen LogP contribution in [0.4, 0.5) is 5.69 Å². The fourth-order valence-electron chi connectivity index (χ4n) is 5.54. The van der Waals surface area contributed by atoms with Gasteiger partial charge < -0.3 is 20.1 Å². The van der Waals surface area contributed by atoms with Crippen LogP contribution in [0.15, 0.2) is 24.3 Å². The molecule has 4 fully saturated rings. The summed E-state index contributed by atoms with van der Waals surface area (Å²) in [5.41, 5.74) is 6.77. The van der Waals surface area contributed by atoms with E-state index >= 15 is 0 Å². The quantitative estimate of drug-likeness (QED) is 0.283. The fourth-order valence-corrected chi connectivity index (χ4v) is 5.54. The largest absolute Gasteiger partial charge is 0.492 e. The summed E-state index contributed by atoms with van der Waals surface area (Å²) >= 11 is 0. The summed E-state index contributed by atoms with van der Waals surface area (Å²) in [6.07, 6.45) is 0.0564.